The molecule has 0 fully saturated rings. The molecule has 96 valence electrons. The van der Waals surface area contributed by atoms with Gasteiger partial charge >= 0.3 is 0 Å². The molecule has 0 amide bonds. The molecule has 1 unspecified atom stereocenters. The van der Waals surface area contributed by atoms with Crippen molar-refractivity contribution in [2.75, 3.05) is 11.1 Å². The molecule has 0 heterocycles. The molecule has 17 heavy (non-hydrogen) atoms. The highest BCUT2D eigenvalue weighted by Gasteiger charge is 2.09. The van der Waals surface area contributed by atoms with E-state index in [4.69, 9.17) is 5.73 Å². The Kier molecular flexibility index (Phi) is 6.41. The summed E-state index contributed by atoms with van der Waals surface area (Å²) in [6, 6.07) is 6.51. The molecule has 1 rings (SSSR count). The minimum atomic E-state index is 0.569. The van der Waals surface area contributed by atoms with E-state index in [9.17, 15) is 0 Å². The molecule has 0 spiro atoms. The van der Waals surface area contributed by atoms with E-state index in [0.717, 1.165) is 15.8 Å². The number of halogens is 1. The van der Waals surface area contributed by atoms with Gasteiger partial charge in [-0.05, 0) is 47.0 Å². The fourth-order valence-corrected chi connectivity index (χ4v) is 2.47. The minimum Gasteiger partial charge on any atom is -0.399 e. The van der Waals surface area contributed by atoms with Crippen LogP contribution in [-0.2, 0) is 0 Å². The molecular formula is C14H23BrN2. The summed E-state index contributed by atoms with van der Waals surface area (Å²) >= 11 is 3.55. The highest BCUT2D eigenvalue weighted by Crippen LogP contribution is 2.26. The molecule has 0 aliphatic carbocycles. The zero-order chi connectivity index (χ0) is 12.7. The first kappa shape index (κ1) is 14.4. The monoisotopic (exact) mass is 298 g/mol. The summed E-state index contributed by atoms with van der Waals surface area (Å²) in [5, 5.41) is 3.61. The molecule has 1 atom stereocenters. The van der Waals surface area contributed by atoms with Crippen molar-refractivity contribution in [3.63, 3.8) is 0 Å². The Morgan fingerprint density at radius 1 is 1.24 bits per heavy atom. The molecule has 3 N–H and O–H groups in total. The van der Waals surface area contributed by atoms with Gasteiger partial charge in [-0.2, -0.15) is 0 Å². The van der Waals surface area contributed by atoms with Crippen LogP contribution in [0.25, 0.3) is 0 Å². The maximum absolute atomic E-state index is 5.74. The molecule has 0 bridgehead atoms. The maximum Gasteiger partial charge on any atom is 0.0488 e. The lowest BCUT2D eigenvalue weighted by Gasteiger charge is -2.20. The first-order valence-electron chi connectivity index (χ1n) is 6.49. The largest absolute Gasteiger partial charge is 0.399 e. The Bertz CT molecular complexity index is 339. The van der Waals surface area contributed by atoms with E-state index < -0.39 is 0 Å². The molecule has 0 saturated heterocycles. The molecule has 1 aromatic rings. The van der Waals surface area contributed by atoms with E-state index in [-0.39, 0.29) is 0 Å². The predicted octanol–water partition coefficient (Wildman–Crippen LogP) is 4.80. The number of nitrogens with one attached hydrogen (secondary N) is 1. The molecule has 0 aromatic heterocycles. The summed E-state index contributed by atoms with van der Waals surface area (Å²) in [5.41, 5.74) is 7.68. The first-order valence-corrected chi connectivity index (χ1v) is 7.28. The number of rotatable bonds is 7. The Labute approximate surface area is 113 Å². The van der Waals surface area contributed by atoms with Gasteiger partial charge in [0.25, 0.3) is 0 Å². The van der Waals surface area contributed by atoms with Crippen molar-refractivity contribution in [1.29, 1.82) is 0 Å². The van der Waals surface area contributed by atoms with Crippen molar-refractivity contribution >= 4 is 27.3 Å². The summed E-state index contributed by atoms with van der Waals surface area (Å²) in [5.74, 6) is 0. The number of hydrogen-bond acceptors (Lipinski definition) is 2. The van der Waals surface area contributed by atoms with Crippen LogP contribution in [0.15, 0.2) is 22.7 Å². The fraction of sp³-hybridized carbons (Fsp3) is 0.571. The fourth-order valence-electron chi connectivity index (χ4n) is 1.96. The maximum atomic E-state index is 5.74. The molecule has 3 heteroatoms. The van der Waals surface area contributed by atoms with Gasteiger partial charge in [0.2, 0.25) is 0 Å². The lowest BCUT2D eigenvalue weighted by Crippen LogP contribution is -2.19. The second-order valence-electron chi connectivity index (χ2n) is 4.51. The summed E-state index contributed by atoms with van der Waals surface area (Å²) in [6.07, 6.45) is 6.21. The average Bonchev–Trinajstić information content (AvgIpc) is 2.29. The summed E-state index contributed by atoms with van der Waals surface area (Å²) in [4.78, 5) is 0. The van der Waals surface area contributed by atoms with Crippen LogP contribution in [-0.4, -0.2) is 6.04 Å². The summed E-state index contributed by atoms with van der Waals surface area (Å²) < 4.78 is 1.05. The van der Waals surface area contributed by atoms with E-state index in [2.05, 4.69) is 35.1 Å². The third-order valence-electron chi connectivity index (χ3n) is 2.90. The van der Waals surface area contributed by atoms with Crippen LogP contribution in [0.1, 0.15) is 46.0 Å². The molecule has 1 aromatic carbocycles. The van der Waals surface area contributed by atoms with Gasteiger partial charge in [-0.3, -0.25) is 0 Å². The summed E-state index contributed by atoms with van der Waals surface area (Å²) in [7, 11) is 0. The van der Waals surface area contributed by atoms with Crippen molar-refractivity contribution in [2.45, 2.75) is 52.0 Å². The van der Waals surface area contributed by atoms with E-state index in [1.807, 2.05) is 18.2 Å². The van der Waals surface area contributed by atoms with Crippen molar-refractivity contribution in [3.8, 4) is 0 Å². The minimum absolute atomic E-state index is 0.569. The van der Waals surface area contributed by atoms with Crippen LogP contribution < -0.4 is 11.1 Å². The Hall–Kier alpha value is -0.700. The van der Waals surface area contributed by atoms with E-state index in [0.29, 0.717) is 6.04 Å². The quantitative estimate of drug-likeness (QED) is 0.710. The van der Waals surface area contributed by atoms with Gasteiger partial charge in [0.1, 0.15) is 0 Å². The number of nitrogens with two attached hydrogens (primary N) is 1. The number of hydrogen-bond donors (Lipinski definition) is 2. The molecule has 0 radical (unpaired) electrons. The topological polar surface area (TPSA) is 38.0 Å². The average molecular weight is 299 g/mol. The van der Waals surface area contributed by atoms with E-state index in [1.54, 1.807) is 0 Å². The van der Waals surface area contributed by atoms with Crippen molar-refractivity contribution in [3.05, 3.63) is 22.7 Å². The smallest absolute Gasteiger partial charge is 0.0488 e. The van der Waals surface area contributed by atoms with Crippen molar-refractivity contribution in [1.82, 2.24) is 0 Å². The molecule has 0 aliphatic heterocycles. The zero-order valence-electron chi connectivity index (χ0n) is 10.8. The van der Waals surface area contributed by atoms with Crippen LogP contribution in [0.5, 0.6) is 0 Å². The Morgan fingerprint density at radius 2 is 2.00 bits per heavy atom. The molecule has 0 aliphatic rings. The van der Waals surface area contributed by atoms with Gasteiger partial charge in [-0.25, -0.2) is 0 Å². The number of anilines is 2. The van der Waals surface area contributed by atoms with Crippen LogP contribution in [0, 0.1) is 0 Å². The predicted molar refractivity (Wildman–Crippen MR) is 80.4 cm³/mol. The second-order valence-corrected chi connectivity index (χ2v) is 5.37. The third-order valence-corrected chi connectivity index (χ3v) is 3.55. The van der Waals surface area contributed by atoms with Gasteiger partial charge in [-0.15, -0.1) is 0 Å². The molecule has 0 saturated carbocycles. The van der Waals surface area contributed by atoms with E-state index in [1.165, 1.54) is 32.1 Å². The first-order chi connectivity index (χ1) is 8.17. The molecule has 2 nitrogen and oxygen atoms in total. The highest BCUT2D eigenvalue weighted by molar-refractivity contribution is 9.10. The lowest BCUT2D eigenvalue weighted by atomic mass is 10.0. The Balaban J connectivity index is 2.64. The summed E-state index contributed by atoms with van der Waals surface area (Å²) in [6.45, 7) is 4.47. The van der Waals surface area contributed by atoms with Gasteiger partial charge in [0.05, 0.1) is 0 Å². The lowest BCUT2D eigenvalue weighted by molar-refractivity contribution is 0.564. The number of unbranched alkanes of at least 4 members (excludes halogenated alkanes) is 1. The van der Waals surface area contributed by atoms with Crippen LogP contribution >= 0.6 is 15.9 Å². The van der Waals surface area contributed by atoms with Gasteiger partial charge in [0, 0.05) is 21.9 Å². The van der Waals surface area contributed by atoms with Gasteiger partial charge in [0.15, 0.2) is 0 Å². The van der Waals surface area contributed by atoms with Gasteiger partial charge in [-0.1, -0.05) is 33.1 Å². The van der Waals surface area contributed by atoms with Crippen molar-refractivity contribution in [2.24, 2.45) is 0 Å². The number of nitrogen functional groups attached to an aromatic ring is 1. The number of benzene rings is 1. The highest BCUT2D eigenvalue weighted by atomic mass is 79.9. The standard InChI is InChI=1S/C14H23BrN2/c1-3-5-7-12(6-4-2)17-14-9-8-11(16)10-13(14)15/h8-10,12,17H,3-7,16H2,1-2H3. The van der Waals surface area contributed by atoms with Crippen LogP contribution in [0.3, 0.4) is 0 Å². The van der Waals surface area contributed by atoms with Crippen LogP contribution in [0.2, 0.25) is 0 Å². The second kappa shape index (κ2) is 7.59. The van der Waals surface area contributed by atoms with E-state index >= 15 is 0 Å². The SMILES string of the molecule is CCCCC(CCC)Nc1ccc(N)cc1Br. The third kappa shape index (κ3) is 4.99. The van der Waals surface area contributed by atoms with Gasteiger partial charge < -0.3 is 11.1 Å². The van der Waals surface area contributed by atoms with Crippen LogP contribution in [0.4, 0.5) is 11.4 Å². The molecular weight excluding hydrogens is 276 g/mol. The normalized spacial score (nSPS) is 12.4. The Morgan fingerprint density at radius 3 is 2.59 bits per heavy atom. The zero-order valence-corrected chi connectivity index (χ0v) is 12.4. The van der Waals surface area contributed by atoms with Crippen molar-refractivity contribution < 1.29 is 0 Å².